The maximum Gasteiger partial charge on any atom is 0.317 e. The van der Waals surface area contributed by atoms with Crippen LogP contribution in [0.5, 0.6) is 0 Å². The summed E-state index contributed by atoms with van der Waals surface area (Å²) in [5.41, 5.74) is 2.56. The number of hydrogen-bond acceptors (Lipinski definition) is 3. The summed E-state index contributed by atoms with van der Waals surface area (Å²) in [4.78, 5) is 32.8. The molecule has 0 spiro atoms. The van der Waals surface area contributed by atoms with Gasteiger partial charge in [-0.2, -0.15) is 0 Å². The van der Waals surface area contributed by atoms with Crippen LogP contribution in [0.3, 0.4) is 0 Å². The molecule has 1 N–H and O–H groups in total. The standard InChI is InChI=1S/C21H25ClN4O2/c1-15-11-16(7-8-19(15)22)12-24-21(28)25(2)18-6-4-10-26(14-18)20(27)17-5-3-9-23-13-17/h3,5,7-9,11,13,18H,4,6,10,12,14H2,1-2H3,(H,24,28)/t18-/m1/s1. The van der Waals surface area contributed by atoms with Crippen molar-refractivity contribution in [2.24, 2.45) is 0 Å². The number of likely N-dealkylation sites (tertiary alicyclic amines) is 1. The van der Waals surface area contributed by atoms with E-state index in [9.17, 15) is 9.59 Å². The Labute approximate surface area is 170 Å². The predicted molar refractivity (Wildman–Crippen MR) is 109 cm³/mol. The Bertz CT molecular complexity index is 844. The van der Waals surface area contributed by atoms with Crippen LogP contribution in [0.1, 0.15) is 34.3 Å². The van der Waals surface area contributed by atoms with Crippen LogP contribution < -0.4 is 5.32 Å². The van der Waals surface area contributed by atoms with Crippen LogP contribution in [-0.4, -0.2) is 52.9 Å². The van der Waals surface area contributed by atoms with E-state index in [4.69, 9.17) is 11.6 Å². The number of nitrogens with zero attached hydrogens (tertiary/aromatic N) is 3. The van der Waals surface area contributed by atoms with E-state index in [0.29, 0.717) is 30.2 Å². The summed E-state index contributed by atoms with van der Waals surface area (Å²) >= 11 is 6.05. The minimum absolute atomic E-state index is 0.0127. The summed E-state index contributed by atoms with van der Waals surface area (Å²) in [7, 11) is 1.78. The van der Waals surface area contributed by atoms with E-state index in [1.807, 2.05) is 25.1 Å². The van der Waals surface area contributed by atoms with Gasteiger partial charge in [-0.3, -0.25) is 9.78 Å². The molecule has 1 aromatic heterocycles. The molecule has 1 saturated heterocycles. The molecule has 6 nitrogen and oxygen atoms in total. The maximum atomic E-state index is 12.7. The normalized spacial score (nSPS) is 16.5. The molecule has 0 bridgehead atoms. The Balaban J connectivity index is 1.56. The Hall–Kier alpha value is -2.60. The third kappa shape index (κ3) is 4.81. The number of piperidine rings is 1. The lowest BCUT2D eigenvalue weighted by Gasteiger charge is -2.37. The second kappa shape index (κ2) is 9.06. The van der Waals surface area contributed by atoms with Gasteiger partial charge in [-0.05, 0) is 49.1 Å². The van der Waals surface area contributed by atoms with Crippen molar-refractivity contribution < 1.29 is 9.59 Å². The zero-order chi connectivity index (χ0) is 20.1. The lowest BCUT2D eigenvalue weighted by atomic mass is 10.0. The second-order valence-electron chi connectivity index (χ2n) is 7.14. The minimum Gasteiger partial charge on any atom is -0.337 e. The molecule has 7 heteroatoms. The van der Waals surface area contributed by atoms with Crippen LogP contribution in [0.4, 0.5) is 4.79 Å². The van der Waals surface area contributed by atoms with Crippen molar-refractivity contribution in [1.82, 2.24) is 20.1 Å². The number of aromatic nitrogens is 1. The number of hydrogen-bond donors (Lipinski definition) is 1. The van der Waals surface area contributed by atoms with Gasteiger partial charge < -0.3 is 15.1 Å². The lowest BCUT2D eigenvalue weighted by molar-refractivity contribution is 0.0636. The van der Waals surface area contributed by atoms with Crippen molar-refractivity contribution in [2.45, 2.75) is 32.4 Å². The molecule has 0 saturated carbocycles. The van der Waals surface area contributed by atoms with E-state index in [1.165, 1.54) is 0 Å². The van der Waals surface area contributed by atoms with Gasteiger partial charge in [0, 0.05) is 44.1 Å². The van der Waals surface area contributed by atoms with Gasteiger partial charge in [-0.1, -0.05) is 23.7 Å². The summed E-state index contributed by atoms with van der Waals surface area (Å²) in [5, 5.41) is 3.66. The number of urea groups is 1. The molecule has 1 aromatic carbocycles. The first kappa shape index (κ1) is 20.1. The molecule has 1 aliphatic rings. The molecular weight excluding hydrogens is 376 g/mol. The first-order valence-electron chi connectivity index (χ1n) is 9.40. The Morgan fingerprint density at radius 3 is 2.89 bits per heavy atom. The molecule has 0 aliphatic carbocycles. The number of carbonyl (C=O) groups excluding carboxylic acids is 2. The number of nitrogens with one attached hydrogen (secondary N) is 1. The highest BCUT2D eigenvalue weighted by Crippen LogP contribution is 2.18. The summed E-state index contributed by atoms with van der Waals surface area (Å²) in [5.74, 6) is -0.0387. The van der Waals surface area contributed by atoms with Crippen LogP contribution in [-0.2, 0) is 6.54 Å². The first-order valence-corrected chi connectivity index (χ1v) is 9.78. The summed E-state index contributed by atoms with van der Waals surface area (Å²) in [6.45, 7) is 3.60. The third-order valence-electron chi connectivity index (χ3n) is 5.13. The van der Waals surface area contributed by atoms with Crippen molar-refractivity contribution >= 4 is 23.5 Å². The van der Waals surface area contributed by atoms with E-state index in [1.54, 1.807) is 41.4 Å². The molecule has 148 valence electrons. The predicted octanol–water partition coefficient (Wildman–Crippen LogP) is 3.49. The van der Waals surface area contributed by atoms with E-state index in [-0.39, 0.29) is 18.0 Å². The van der Waals surface area contributed by atoms with Crippen LogP contribution >= 0.6 is 11.6 Å². The van der Waals surface area contributed by atoms with Gasteiger partial charge in [0.25, 0.3) is 5.91 Å². The minimum atomic E-state index is -0.145. The molecule has 1 atom stereocenters. The molecule has 2 heterocycles. The summed E-state index contributed by atoms with van der Waals surface area (Å²) in [6.07, 6.45) is 4.97. The molecule has 0 unspecified atom stereocenters. The summed E-state index contributed by atoms with van der Waals surface area (Å²) < 4.78 is 0. The number of rotatable bonds is 4. The zero-order valence-electron chi connectivity index (χ0n) is 16.2. The number of halogens is 1. The molecule has 28 heavy (non-hydrogen) atoms. The molecule has 2 aromatic rings. The van der Waals surface area contributed by atoms with E-state index in [0.717, 1.165) is 24.0 Å². The highest BCUT2D eigenvalue weighted by atomic mass is 35.5. The van der Waals surface area contributed by atoms with Crippen LogP contribution in [0.25, 0.3) is 0 Å². The largest absolute Gasteiger partial charge is 0.337 e. The molecule has 0 radical (unpaired) electrons. The average molecular weight is 401 g/mol. The number of amides is 3. The van der Waals surface area contributed by atoms with Crippen LogP contribution in [0.15, 0.2) is 42.7 Å². The number of pyridine rings is 1. The smallest absolute Gasteiger partial charge is 0.317 e. The number of aryl methyl sites for hydroxylation is 1. The Morgan fingerprint density at radius 1 is 1.36 bits per heavy atom. The first-order chi connectivity index (χ1) is 13.5. The summed E-state index contributed by atoms with van der Waals surface area (Å²) in [6, 6.07) is 9.08. The Kier molecular flexibility index (Phi) is 6.52. The van der Waals surface area contributed by atoms with E-state index in [2.05, 4.69) is 10.3 Å². The van der Waals surface area contributed by atoms with Gasteiger partial charge in [0.05, 0.1) is 11.6 Å². The molecular formula is C21H25ClN4O2. The van der Waals surface area contributed by atoms with Gasteiger partial charge in [0.15, 0.2) is 0 Å². The number of benzene rings is 1. The van der Waals surface area contributed by atoms with Gasteiger partial charge in [0.2, 0.25) is 0 Å². The molecule has 1 fully saturated rings. The van der Waals surface area contributed by atoms with Crippen molar-refractivity contribution in [1.29, 1.82) is 0 Å². The van der Waals surface area contributed by atoms with Gasteiger partial charge in [-0.15, -0.1) is 0 Å². The fraction of sp³-hybridized carbons (Fsp3) is 0.381. The highest BCUT2D eigenvalue weighted by Gasteiger charge is 2.29. The monoisotopic (exact) mass is 400 g/mol. The second-order valence-corrected chi connectivity index (χ2v) is 7.55. The quantitative estimate of drug-likeness (QED) is 0.854. The Morgan fingerprint density at radius 2 is 2.18 bits per heavy atom. The van der Waals surface area contributed by atoms with Crippen molar-refractivity contribution in [2.75, 3.05) is 20.1 Å². The molecule has 1 aliphatic heterocycles. The van der Waals surface area contributed by atoms with Gasteiger partial charge in [-0.25, -0.2) is 4.79 Å². The molecule has 3 rings (SSSR count). The van der Waals surface area contributed by atoms with Crippen molar-refractivity contribution in [3.8, 4) is 0 Å². The SMILES string of the molecule is Cc1cc(CNC(=O)N(C)[C@@H]2CCCN(C(=O)c3cccnc3)C2)ccc1Cl. The fourth-order valence-corrected chi connectivity index (χ4v) is 3.53. The molecule has 3 amide bonds. The maximum absolute atomic E-state index is 12.7. The van der Waals surface area contributed by atoms with Gasteiger partial charge in [0.1, 0.15) is 0 Å². The van der Waals surface area contributed by atoms with Crippen LogP contribution in [0, 0.1) is 6.92 Å². The average Bonchev–Trinajstić information content (AvgIpc) is 2.74. The highest BCUT2D eigenvalue weighted by molar-refractivity contribution is 6.31. The third-order valence-corrected chi connectivity index (χ3v) is 5.55. The topological polar surface area (TPSA) is 65.5 Å². The number of likely N-dealkylation sites (N-methyl/N-ethyl adjacent to an activating group) is 1. The van der Waals surface area contributed by atoms with Crippen LogP contribution in [0.2, 0.25) is 5.02 Å². The van der Waals surface area contributed by atoms with Crippen molar-refractivity contribution in [3.63, 3.8) is 0 Å². The zero-order valence-corrected chi connectivity index (χ0v) is 16.9. The van der Waals surface area contributed by atoms with E-state index < -0.39 is 0 Å². The fourth-order valence-electron chi connectivity index (χ4n) is 3.41. The van der Waals surface area contributed by atoms with Crippen molar-refractivity contribution in [3.05, 3.63) is 64.4 Å². The van der Waals surface area contributed by atoms with Gasteiger partial charge >= 0.3 is 6.03 Å². The van der Waals surface area contributed by atoms with E-state index >= 15 is 0 Å². The number of carbonyl (C=O) groups is 2. The lowest BCUT2D eigenvalue weighted by Crippen LogP contribution is -2.52.